The molecular weight excluding hydrogens is 456 g/mol. The van der Waals surface area contributed by atoms with Gasteiger partial charge in [-0.25, -0.2) is 24.5 Å². The average Bonchev–Trinajstić information content (AvgIpc) is 3.02. The lowest BCUT2D eigenvalue weighted by molar-refractivity contribution is 0.305. The number of fused-ring (bicyclic) bond motifs is 1. The van der Waals surface area contributed by atoms with E-state index in [-0.39, 0.29) is 10.0 Å². The summed E-state index contributed by atoms with van der Waals surface area (Å²) < 4.78 is 1.36. The second-order valence-corrected chi connectivity index (χ2v) is 7.87. The Hall–Kier alpha value is -1.35. The number of rotatable bonds is 8. The van der Waals surface area contributed by atoms with Crippen molar-refractivity contribution in [2.24, 2.45) is 0 Å². The number of likely N-dealkylation sites (N-methyl/N-ethyl adjacent to an activating group) is 1. The van der Waals surface area contributed by atoms with Crippen molar-refractivity contribution >= 4 is 63.6 Å². The highest BCUT2D eigenvalue weighted by Gasteiger charge is 2.19. The summed E-state index contributed by atoms with van der Waals surface area (Å²) >= 11 is 25.0. The zero-order chi connectivity index (χ0) is 21.1. The van der Waals surface area contributed by atoms with Crippen molar-refractivity contribution in [2.45, 2.75) is 20.8 Å². The molecule has 0 fully saturated rings. The Kier molecular flexibility index (Phi) is 7.42. The van der Waals surface area contributed by atoms with Gasteiger partial charge in [-0.15, -0.1) is 0 Å². The van der Waals surface area contributed by atoms with Crippen LogP contribution in [0.1, 0.15) is 19.5 Å². The first-order valence-electron chi connectivity index (χ1n) is 9.15. The predicted molar refractivity (Wildman–Crippen MR) is 121 cm³/mol. The molecule has 11 heteroatoms. The summed E-state index contributed by atoms with van der Waals surface area (Å²) in [6.45, 7) is 9.81. The maximum absolute atomic E-state index is 6.48. The summed E-state index contributed by atoms with van der Waals surface area (Å²) in [6, 6.07) is 3.41. The van der Waals surface area contributed by atoms with Crippen LogP contribution in [0, 0.1) is 6.92 Å². The first-order valence-corrected chi connectivity index (χ1v) is 10.6. The van der Waals surface area contributed by atoms with Gasteiger partial charge in [-0.05, 0) is 32.1 Å². The fourth-order valence-corrected chi connectivity index (χ4v) is 3.77. The number of nitrogens with zero attached hydrogens (tertiary/aromatic N) is 5. The lowest BCUT2D eigenvalue weighted by Crippen LogP contribution is -2.34. The highest BCUT2D eigenvalue weighted by Crippen LogP contribution is 2.38. The molecule has 156 valence electrons. The second-order valence-electron chi connectivity index (χ2n) is 6.37. The lowest BCUT2D eigenvalue weighted by Gasteiger charge is -2.18. The standard InChI is InChI=1S/C18H21Cl4N7/c1-4-28(5-2)7-6-23-27-18-24-10(3)8-12(25-18)17-26-16-13(29(17)22)9-11(19)14(20)15(16)21/h8-9,23H,4-7H2,1-3H3,(H,24,25,27). The van der Waals surface area contributed by atoms with E-state index in [1.165, 1.54) is 4.09 Å². The zero-order valence-electron chi connectivity index (χ0n) is 16.2. The Labute approximate surface area is 189 Å². The SMILES string of the molecule is CCN(CC)CCNNc1nc(C)cc(-c2nc3c(Cl)c(Cl)c(Cl)cc3n2Cl)n1. The van der Waals surface area contributed by atoms with Gasteiger partial charge in [0.25, 0.3) is 0 Å². The summed E-state index contributed by atoms with van der Waals surface area (Å²) in [6.07, 6.45) is 0. The Bertz CT molecular complexity index is 1020. The third-order valence-corrected chi connectivity index (χ3v) is 6.06. The highest BCUT2D eigenvalue weighted by molar-refractivity contribution is 6.50. The largest absolute Gasteiger partial charge is 0.303 e. The molecule has 2 aromatic heterocycles. The van der Waals surface area contributed by atoms with Gasteiger partial charge in [0.05, 0.1) is 20.6 Å². The van der Waals surface area contributed by atoms with E-state index >= 15 is 0 Å². The first-order chi connectivity index (χ1) is 13.8. The van der Waals surface area contributed by atoms with Crippen molar-refractivity contribution in [1.29, 1.82) is 0 Å². The summed E-state index contributed by atoms with van der Waals surface area (Å²) in [4.78, 5) is 15.7. The van der Waals surface area contributed by atoms with Gasteiger partial charge in [0.1, 0.15) is 11.2 Å². The molecule has 3 rings (SSSR count). The molecule has 7 nitrogen and oxygen atoms in total. The van der Waals surface area contributed by atoms with E-state index < -0.39 is 0 Å². The topological polar surface area (TPSA) is 70.9 Å². The van der Waals surface area contributed by atoms with Crippen LogP contribution in [0.15, 0.2) is 12.1 Å². The summed E-state index contributed by atoms with van der Waals surface area (Å²) in [5.74, 6) is 0.837. The molecule has 0 saturated heterocycles. The summed E-state index contributed by atoms with van der Waals surface area (Å²) in [5.41, 5.74) is 8.47. The lowest BCUT2D eigenvalue weighted by atomic mass is 10.3. The van der Waals surface area contributed by atoms with Gasteiger partial charge >= 0.3 is 0 Å². The quantitative estimate of drug-likeness (QED) is 0.270. The number of hydrogen-bond donors (Lipinski definition) is 2. The van der Waals surface area contributed by atoms with Crippen LogP contribution in [0.3, 0.4) is 0 Å². The van der Waals surface area contributed by atoms with Gasteiger partial charge in [-0.2, -0.15) is 0 Å². The number of benzene rings is 1. The zero-order valence-corrected chi connectivity index (χ0v) is 19.3. The van der Waals surface area contributed by atoms with Crippen molar-refractivity contribution < 1.29 is 0 Å². The van der Waals surface area contributed by atoms with E-state index in [4.69, 9.17) is 46.6 Å². The van der Waals surface area contributed by atoms with E-state index in [1.54, 1.807) is 12.1 Å². The smallest absolute Gasteiger partial charge is 0.238 e. The minimum Gasteiger partial charge on any atom is -0.303 e. The van der Waals surface area contributed by atoms with E-state index in [2.05, 4.69) is 44.6 Å². The Balaban J connectivity index is 1.86. The molecule has 0 unspecified atom stereocenters. The van der Waals surface area contributed by atoms with E-state index in [0.717, 1.165) is 31.9 Å². The van der Waals surface area contributed by atoms with Crippen LogP contribution >= 0.6 is 46.6 Å². The number of aromatic nitrogens is 4. The molecule has 0 aliphatic rings. The molecule has 0 aliphatic carbocycles. The number of nitrogens with one attached hydrogen (secondary N) is 2. The minimum absolute atomic E-state index is 0.237. The van der Waals surface area contributed by atoms with Crippen LogP contribution in [0.4, 0.5) is 5.95 Å². The Morgan fingerprint density at radius 1 is 1.03 bits per heavy atom. The number of anilines is 1. The molecule has 0 aliphatic heterocycles. The van der Waals surface area contributed by atoms with Crippen LogP contribution < -0.4 is 10.9 Å². The molecule has 0 amide bonds. The minimum atomic E-state index is 0.237. The van der Waals surface area contributed by atoms with Crippen LogP contribution in [-0.4, -0.2) is 50.1 Å². The average molecular weight is 477 g/mol. The molecular formula is C18H21Cl4N7. The van der Waals surface area contributed by atoms with Crippen molar-refractivity contribution in [2.75, 3.05) is 31.6 Å². The molecule has 2 N–H and O–H groups in total. The molecule has 0 atom stereocenters. The summed E-state index contributed by atoms with van der Waals surface area (Å²) in [7, 11) is 0. The van der Waals surface area contributed by atoms with E-state index in [9.17, 15) is 0 Å². The number of hydrogen-bond acceptors (Lipinski definition) is 6. The third-order valence-electron chi connectivity index (χ3n) is 4.46. The molecule has 0 radical (unpaired) electrons. The molecule has 3 aromatic rings. The van der Waals surface area contributed by atoms with Crippen molar-refractivity contribution in [1.82, 2.24) is 29.4 Å². The number of aryl methyl sites for hydroxylation is 1. The van der Waals surface area contributed by atoms with Crippen molar-refractivity contribution in [3.05, 3.63) is 32.9 Å². The Morgan fingerprint density at radius 3 is 2.45 bits per heavy atom. The van der Waals surface area contributed by atoms with Crippen molar-refractivity contribution in [3.8, 4) is 11.5 Å². The molecule has 2 heterocycles. The van der Waals surface area contributed by atoms with Crippen LogP contribution in [0.2, 0.25) is 15.1 Å². The number of imidazole rings is 1. The van der Waals surface area contributed by atoms with Crippen LogP contribution in [0.5, 0.6) is 0 Å². The molecule has 0 saturated carbocycles. The highest BCUT2D eigenvalue weighted by atomic mass is 35.5. The molecule has 0 bridgehead atoms. The van der Waals surface area contributed by atoms with Crippen LogP contribution in [0.25, 0.3) is 22.6 Å². The van der Waals surface area contributed by atoms with Gasteiger partial charge in [0.2, 0.25) is 5.95 Å². The third kappa shape index (κ3) is 4.87. The van der Waals surface area contributed by atoms with Gasteiger partial charge in [-0.1, -0.05) is 48.7 Å². The Morgan fingerprint density at radius 2 is 1.76 bits per heavy atom. The van der Waals surface area contributed by atoms with E-state index in [0.29, 0.717) is 33.5 Å². The van der Waals surface area contributed by atoms with Gasteiger partial charge < -0.3 is 4.90 Å². The maximum Gasteiger partial charge on any atom is 0.238 e. The second kappa shape index (κ2) is 9.64. The normalized spacial score (nSPS) is 11.6. The van der Waals surface area contributed by atoms with Gasteiger partial charge in [-0.3, -0.25) is 5.43 Å². The number of halogens is 4. The first kappa shape index (κ1) is 22.3. The van der Waals surface area contributed by atoms with E-state index in [1.807, 2.05) is 6.92 Å². The molecule has 29 heavy (non-hydrogen) atoms. The summed E-state index contributed by atoms with van der Waals surface area (Å²) in [5, 5.41) is 0.786. The van der Waals surface area contributed by atoms with Gasteiger partial charge in [0.15, 0.2) is 5.82 Å². The van der Waals surface area contributed by atoms with Crippen LogP contribution in [-0.2, 0) is 0 Å². The van der Waals surface area contributed by atoms with Crippen molar-refractivity contribution in [3.63, 3.8) is 0 Å². The molecule has 1 aromatic carbocycles. The fraction of sp³-hybridized carbons (Fsp3) is 0.389. The predicted octanol–water partition coefficient (Wildman–Crippen LogP) is 5.02. The number of hydrazine groups is 1. The maximum atomic E-state index is 6.48. The monoisotopic (exact) mass is 475 g/mol. The molecule has 0 spiro atoms. The fourth-order valence-electron chi connectivity index (χ4n) is 2.89. The van der Waals surface area contributed by atoms with Gasteiger partial charge in [0, 0.05) is 30.6 Å².